The van der Waals surface area contributed by atoms with E-state index in [0.29, 0.717) is 24.3 Å². The molecule has 0 heterocycles. The molecule has 2 amide bonds. The van der Waals surface area contributed by atoms with E-state index >= 15 is 0 Å². The number of carbonyl (C=O) groups is 2. The number of hydrogen-bond acceptors (Lipinski definition) is 3. The lowest BCUT2D eigenvalue weighted by atomic mass is 10.1. The average molecular weight is 400 g/mol. The highest BCUT2D eigenvalue weighted by Gasteiger charge is 2.14. The smallest absolute Gasteiger partial charge is 0.267 e. The van der Waals surface area contributed by atoms with Crippen LogP contribution < -0.4 is 15.4 Å². The summed E-state index contributed by atoms with van der Waals surface area (Å²) in [7, 11) is 1.59. The highest BCUT2D eigenvalue weighted by atomic mass is 16.5. The third kappa shape index (κ3) is 6.07. The van der Waals surface area contributed by atoms with Gasteiger partial charge in [0, 0.05) is 12.1 Å². The molecule has 2 N–H and O–H groups in total. The van der Waals surface area contributed by atoms with Gasteiger partial charge in [-0.1, -0.05) is 60.7 Å². The molecule has 0 saturated carbocycles. The lowest BCUT2D eigenvalue weighted by molar-refractivity contribution is -0.117. The normalized spacial score (nSPS) is 10.9. The summed E-state index contributed by atoms with van der Waals surface area (Å²) in [6.45, 7) is 0.462. The molecule has 0 saturated heterocycles. The fraction of sp³-hybridized carbons (Fsp3) is 0.120. The fourth-order valence-corrected chi connectivity index (χ4v) is 2.87. The summed E-state index contributed by atoms with van der Waals surface area (Å²) in [5.41, 5.74) is 2.57. The molecule has 152 valence electrons. The zero-order valence-corrected chi connectivity index (χ0v) is 16.8. The van der Waals surface area contributed by atoms with Crippen molar-refractivity contribution in [1.29, 1.82) is 0 Å². The Labute approximate surface area is 176 Å². The largest absolute Gasteiger partial charge is 0.497 e. The minimum Gasteiger partial charge on any atom is -0.497 e. The van der Waals surface area contributed by atoms with Gasteiger partial charge in [-0.3, -0.25) is 9.59 Å². The minimum atomic E-state index is -0.342. The Balaban J connectivity index is 1.74. The summed E-state index contributed by atoms with van der Waals surface area (Å²) in [6, 6.07) is 26.0. The first-order chi connectivity index (χ1) is 14.7. The molecule has 3 rings (SSSR count). The van der Waals surface area contributed by atoms with E-state index in [-0.39, 0.29) is 17.5 Å². The Morgan fingerprint density at radius 3 is 2.13 bits per heavy atom. The van der Waals surface area contributed by atoms with E-state index in [1.165, 1.54) is 0 Å². The van der Waals surface area contributed by atoms with E-state index in [2.05, 4.69) is 10.6 Å². The van der Waals surface area contributed by atoms with Crippen molar-refractivity contribution in [2.75, 3.05) is 13.7 Å². The maximum absolute atomic E-state index is 12.8. The summed E-state index contributed by atoms with van der Waals surface area (Å²) in [5, 5.41) is 5.62. The van der Waals surface area contributed by atoms with Crippen molar-refractivity contribution in [3.8, 4) is 5.75 Å². The zero-order valence-electron chi connectivity index (χ0n) is 16.8. The zero-order chi connectivity index (χ0) is 21.2. The van der Waals surface area contributed by atoms with Crippen molar-refractivity contribution in [2.45, 2.75) is 6.42 Å². The lowest BCUT2D eigenvalue weighted by Gasteiger charge is -2.11. The van der Waals surface area contributed by atoms with Gasteiger partial charge in [-0.15, -0.1) is 0 Å². The molecular weight excluding hydrogens is 376 g/mol. The van der Waals surface area contributed by atoms with E-state index < -0.39 is 0 Å². The highest BCUT2D eigenvalue weighted by Crippen LogP contribution is 2.14. The molecule has 0 spiro atoms. The van der Waals surface area contributed by atoms with Crippen LogP contribution in [0.25, 0.3) is 6.08 Å². The van der Waals surface area contributed by atoms with Gasteiger partial charge in [0.2, 0.25) is 0 Å². The van der Waals surface area contributed by atoms with E-state index in [1.54, 1.807) is 49.6 Å². The van der Waals surface area contributed by atoms with Crippen molar-refractivity contribution in [3.63, 3.8) is 0 Å². The fourth-order valence-electron chi connectivity index (χ4n) is 2.87. The second-order valence-corrected chi connectivity index (χ2v) is 6.64. The Hall–Kier alpha value is -3.86. The maximum Gasteiger partial charge on any atom is 0.267 e. The molecule has 0 unspecified atom stereocenters. The van der Waals surface area contributed by atoms with Crippen LogP contribution in [0, 0.1) is 0 Å². The van der Waals surface area contributed by atoms with Crippen LogP contribution in [0.2, 0.25) is 0 Å². The molecule has 0 aliphatic rings. The van der Waals surface area contributed by atoms with E-state index in [9.17, 15) is 9.59 Å². The standard InChI is InChI=1S/C25H24N2O3/c1-30-22-14-12-20(13-15-22)18-23(27-24(28)21-10-6-3-7-11-21)25(29)26-17-16-19-8-4-2-5-9-19/h2-15,18H,16-17H2,1H3,(H,26,29)(H,27,28). The quantitative estimate of drug-likeness (QED) is 0.565. The van der Waals surface area contributed by atoms with Crippen molar-refractivity contribution in [1.82, 2.24) is 10.6 Å². The monoisotopic (exact) mass is 400 g/mol. The van der Waals surface area contributed by atoms with Crippen molar-refractivity contribution >= 4 is 17.9 Å². The first kappa shape index (κ1) is 20.9. The molecule has 0 aliphatic heterocycles. The molecule has 5 nitrogen and oxygen atoms in total. The molecule has 0 aliphatic carbocycles. The number of benzene rings is 3. The lowest BCUT2D eigenvalue weighted by Crippen LogP contribution is -2.35. The van der Waals surface area contributed by atoms with Crippen LogP contribution in [0.5, 0.6) is 5.75 Å². The van der Waals surface area contributed by atoms with Gasteiger partial charge < -0.3 is 15.4 Å². The van der Waals surface area contributed by atoms with E-state index in [0.717, 1.165) is 11.1 Å². The van der Waals surface area contributed by atoms with Gasteiger partial charge in [0.05, 0.1) is 7.11 Å². The van der Waals surface area contributed by atoms with E-state index in [1.807, 2.05) is 48.5 Å². The molecular formula is C25H24N2O3. The van der Waals surface area contributed by atoms with Crippen molar-refractivity contribution in [3.05, 3.63) is 107 Å². The highest BCUT2D eigenvalue weighted by molar-refractivity contribution is 6.05. The van der Waals surface area contributed by atoms with Crippen LogP contribution in [0.15, 0.2) is 90.6 Å². The van der Waals surface area contributed by atoms with Gasteiger partial charge in [-0.25, -0.2) is 0 Å². The number of carbonyl (C=O) groups excluding carboxylic acids is 2. The Morgan fingerprint density at radius 1 is 0.867 bits per heavy atom. The van der Waals surface area contributed by atoms with Crippen LogP contribution in [-0.4, -0.2) is 25.5 Å². The summed E-state index contributed by atoms with van der Waals surface area (Å²) >= 11 is 0. The van der Waals surface area contributed by atoms with Crippen molar-refractivity contribution < 1.29 is 14.3 Å². The molecule has 3 aromatic carbocycles. The number of ether oxygens (including phenoxy) is 1. The molecule has 0 aromatic heterocycles. The number of hydrogen-bond donors (Lipinski definition) is 2. The molecule has 0 fully saturated rings. The third-order valence-corrected chi connectivity index (χ3v) is 4.50. The summed E-state index contributed by atoms with van der Waals surface area (Å²) in [4.78, 5) is 25.4. The second-order valence-electron chi connectivity index (χ2n) is 6.64. The van der Waals surface area contributed by atoms with Crippen LogP contribution in [-0.2, 0) is 11.2 Å². The van der Waals surface area contributed by atoms with Crippen LogP contribution in [0.3, 0.4) is 0 Å². The van der Waals surface area contributed by atoms with Gasteiger partial charge in [0.1, 0.15) is 11.4 Å². The topological polar surface area (TPSA) is 67.4 Å². The molecule has 0 atom stereocenters. The Kier molecular flexibility index (Phi) is 7.39. The number of amides is 2. The number of nitrogens with one attached hydrogen (secondary N) is 2. The van der Waals surface area contributed by atoms with Crippen molar-refractivity contribution in [2.24, 2.45) is 0 Å². The van der Waals surface area contributed by atoms with Gasteiger partial charge >= 0.3 is 0 Å². The molecule has 0 bridgehead atoms. The number of rotatable bonds is 8. The molecule has 0 radical (unpaired) electrons. The van der Waals surface area contributed by atoms with Gasteiger partial charge in [-0.2, -0.15) is 0 Å². The first-order valence-electron chi connectivity index (χ1n) is 9.70. The molecule has 30 heavy (non-hydrogen) atoms. The maximum atomic E-state index is 12.8. The van der Waals surface area contributed by atoms with Crippen LogP contribution in [0.4, 0.5) is 0 Å². The second kappa shape index (κ2) is 10.6. The minimum absolute atomic E-state index is 0.182. The predicted octanol–water partition coefficient (Wildman–Crippen LogP) is 3.83. The van der Waals surface area contributed by atoms with Crippen LogP contribution >= 0.6 is 0 Å². The first-order valence-corrected chi connectivity index (χ1v) is 9.70. The van der Waals surface area contributed by atoms with Gasteiger partial charge in [-0.05, 0) is 47.9 Å². The Bertz CT molecular complexity index is 998. The Morgan fingerprint density at radius 2 is 1.50 bits per heavy atom. The van der Waals surface area contributed by atoms with Crippen LogP contribution in [0.1, 0.15) is 21.5 Å². The van der Waals surface area contributed by atoms with Gasteiger partial charge in [0.15, 0.2) is 0 Å². The van der Waals surface area contributed by atoms with Gasteiger partial charge in [0.25, 0.3) is 11.8 Å². The predicted molar refractivity (Wildman–Crippen MR) is 118 cm³/mol. The average Bonchev–Trinajstić information content (AvgIpc) is 2.80. The third-order valence-electron chi connectivity index (χ3n) is 4.50. The van der Waals surface area contributed by atoms with E-state index in [4.69, 9.17) is 4.74 Å². The molecule has 3 aromatic rings. The molecule has 5 heteroatoms. The summed E-state index contributed by atoms with van der Waals surface area (Å²) < 4.78 is 5.17. The SMILES string of the molecule is COc1ccc(C=C(NC(=O)c2ccccc2)C(=O)NCCc2ccccc2)cc1. The summed E-state index contributed by atoms with van der Waals surface area (Å²) in [5.74, 6) is 0.0361. The summed E-state index contributed by atoms with van der Waals surface area (Å²) in [6.07, 6.45) is 2.35. The number of methoxy groups -OCH3 is 1.